The molecule has 1 aromatic carbocycles. The molecule has 2 nitrogen and oxygen atoms in total. The minimum absolute atomic E-state index is 0.0151. The number of ether oxygens (including phenoxy) is 1. The van der Waals surface area contributed by atoms with E-state index in [9.17, 15) is 4.79 Å². The lowest BCUT2D eigenvalue weighted by Crippen LogP contribution is -2.18. The van der Waals surface area contributed by atoms with Crippen LogP contribution in [0.3, 0.4) is 0 Å². The molecular formula is C13H12O2S. The van der Waals surface area contributed by atoms with Gasteiger partial charge in [-0.2, -0.15) is 0 Å². The van der Waals surface area contributed by atoms with Crippen LogP contribution in [0.4, 0.5) is 0 Å². The van der Waals surface area contributed by atoms with Crippen LogP contribution in [0, 0.1) is 0 Å². The van der Waals surface area contributed by atoms with E-state index in [1.165, 1.54) is 15.0 Å². The summed E-state index contributed by atoms with van der Waals surface area (Å²) in [5.41, 5.74) is 0. The number of hydrogen-bond acceptors (Lipinski definition) is 3. The zero-order chi connectivity index (χ0) is 11.0. The average Bonchev–Trinajstić information content (AvgIpc) is 2.72. The Hall–Kier alpha value is -1.19. The van der Waals surface area contributed by atoms with Crippen molar-refractivity contribution < 1.29 is 9.53 Å². The number of carbonyl (C=O) groups excluding carboxylic acids is 1. The Kier molecular flexibility index (Phi) is 2.50. The van der Waals surface area contributed by atoms with E-state index >= 15 is 0 Å². The highest BCUT2D eigenvalue weighted by Crippen LogP contribution is 2.35. The van der Waals surface area contributed by atoms with Crippen LogP contribution in [0.2, 0.25) is 0 Å². The van der Waals surface area contributed by atoms with Gasteiger partial charge in [-0.25, -0.2) is 0 Å². The largest absolute Gasteiger partial charge is 0.372 e. The molecule has 0 spiro atoms. The summed E-state index contributed by atoms with van der Waals surface area (Å²) in [7, 11) is 0. The second-order valence-electron chi connectivity index (χ2n) is 4.04. The molecule has 0 N–H and O–H groups in total. The lowest BCUT2D eigenvalue weighted by Gasteiger charge is -2.20. The highest BCUT2D eigenvalue weighted by atomic mass is 32.1. The minimum Gasteiger partial charge on any atom is -0.372 e. The van der Waals surface area contributed by atoms with Crippen molar-refractivity contribution in [2.24, 2.45) is 0 Å². The van der Waals surface area contributed by atoms with Gasteiger partial charge in [0.25, 0.3) is 0 Å². The Morgan fingerprint density at radius 1 is 1.31 bits per heavy atom. The van der Waals surface area contributed by atoms with Gasteiger partial charge in [0.2, 0.25) is 0 Å². The van der Waals surface area contributed by atoms with Crippen LogP contribution < -0.4 is 0 Å². The first-order valence-electron chi connectivity index (χ1n) is 5.45. The molecule has 0 radical (unpaired) electrons. The summed E-state index contributed by atoms with van der Waals surface area (Å²) < 4.78 is 6.92. The van der Waals surface area contributed by atoms with Gasteiger partial charge < -0.3 is 4.74 Å². The van der Waals surface area contributed by atoms with Crippen molar-refractivity contribution in [3.63, 3.8) is 0 Å². The van der Waals surface area contributed by atoms with Gasteiger partial charge in [0.15, 0.2) is 0 Å². The predicted molar refractivity (Wildman–Crippen MR) is 64.8 cm³/mol. The zero-order valence-electron chi connectivity index (χ0n) is 8.81. The number of ketones is 1. The molecule has 1 atom stereocenters. The normalized spacial score (nSPS) is 21.5. The van der Waals surface area contributed by atoms with Crippen molar-refractivity contribution in [1.29, 1.82) is 0 Å². The summed E-state index contributed by atoms with van der Waals surface area (Å²) in [6.45, 7) is 0.567. The molecule has 1 saturated heterocycles. The molecule has 1 fully saturated rings. The molecule has 2 heterocycles. The fourth-order valence-corrected chi connectivity index (χ4v) is 3.14. The van der Waals surface area contributed by atoms with E-state index in [1.54, 1.807) is 11.3 Å². The molecule has 82 valence electrons. The molecule has 1 aliphatic heterocycles. The maximum Gasteiger partial charge on any atom is 0.138 e. The fourth-order valence-electron chi connectivity index (χ4n) is 2.03. The van der Waals surface area contributed by atoms with Gasteiger partial charge in [-0.1, -0.05) is 18.2 Å². The Balaban J connectivity index is 1.96. The number of benzene rings is 1. The van der Waals surface area contributed by atoms with Crippen molar-refractivity contribution in [2.45, 2.75) is 18.9 Å². The molecule has 0 amide bonds. The molecule has 1 aliphatic rings. The highest BCUT2D eigenvalue weighted by molar-refractivity contribution is 7.19. The first kappa shape index (κ1) is 10.00. The van der Waals surface area contributed by atoms with Crippen molar-refractivity contribution in [1.82, 2.24) is 0 Å². The van der Waals surface area contributed by atoms with E-state index in [2.05, 4.69) is 18.2 Å². The van der Waals surface area contributed by atoms with Crippen LogP contribution in [-0.4, -0.2) is 12.4 Å². The molecule has 3 rings (SSSR count). The van der Waals surface area contributed by atoms with Crippen LogP contribution in [0.1, 0.15) is 23.8 Å². The predicted octanol–water partition coefficient (Wildman–Crippen LogP) is 3.32. The summed E-state index contributed by atoms with van der Waals surface area (Å²) in [6, 6.07) is 10.4. The van der Waals surface area contributed by atoms with Gasteiger partial charge >= 0.3 is 0 Å². The summed E-state index contributed by atoms with van der Waals surface area (Å²) >= 11 is 1.73. The van der Waals surface area contributed by atoms with Crippen molar-refractivity contribution in [3.8, 4) is 0 Å². The van der Waals surface area contributed by atoms with Gasteiger partial charge in [-0.05, 0) is 17.5 Å². The number of Topliss-reactive ketones (excluding diaryl/α,β-unsaturated/α-hetero) is 1. The van der Waals surface area contributed by atoms with E-state index in [-0.39, 0.29) is 6.10 Å². The third-order valence-electron chi connectivity index (χ3n) is 2.87. The molecule has 16 heavy (non-hydrogen) atoms. The average molecular weight is 232 g/mol. The van der Waals surface area contributed by atoms with E-state index in [4.69, 9.17) is 4.74 Å². The summed E-state index contributed by atoms with van der Waals surface area (Å²) in [6.07, 6.45) is 1.09. The highest BCUT2D eigenvalue weighted by Gasteiger charge is 2.23. The number of fused-ring (bicyclic) bond motifs is 1. The number of rotatable bonds is 1. The number of thiophene rings is 1. The fraction of sp³-hybridized carbons (Fsp3) is 0.308. The Bertz CT molecular complexity index is 496. The molecule has 0 bridgehead atoms. The Morgan fingerprint density at radius 2 is 2.19 bits per heavy atom. The van der Waals surface area contributed by atoms with Crippen LogP contribution in [0.15, 0.2) is 30.3 Å². The quantitative estimate of drug-likeness (QED) is 0.754. The van der Waals surface area contributed by atoms with Crippen LogP contribution in [0.5, 0.6) is 0 Å². The van der Waals surface area contributed by atoms with Gasteiger partial charge in [0.1, 0.15) is 5.78 Å². The second kappa shape index (κ2) is 4.00. The summed E-state index contributed by atoms with van der Waals surface area (Å²) in [5.74, 6) is 0.314. The van der Waals surface area contributed by atoms with E-state index in [0.717, 1.165) is 0 Å². The monoisotopic (exact) mass is 232 g/mol. The molecule has 1 unspecified atom stereocenters. The topological polar surface area (TPSA) is 26.3 Å². The van der Waals surface area contributed by atoms with E-state index in [0.29, 0.717) is 25.2 Å². The van der Waals surface area contributed by atoms with Crippen LogP contribution in [-0.2, 0) is 9.53 Å². The smallest absolute Gasteiger partial charge is 0.138 e. The van der Waals surface area contributed by atoms with Gasteiger partial charge in [-0.3, -0.25) is 4.79 Å². The molecule has 2 aromatic rings. The van der Waals surface area contributed by atoms with Crippen LogP contribution >= 0.6 is 11.3 Å². The lowest BCUT2D eigenvalue weighted by molar-refractivity contribution is -0.128. The van der Waals surface area contributed by atoms with Crippen molar-refractivity contribution in [3.05, 3.63) is 35.2 Å². The minimum atomic E-state index is -0.0151. The number of carbonyl (C=O) groups is 1. The van der Waals surface area contributed by atoms with E-state index in [1.807, 2.05) is 12.1 Å². The van der Waals surface area contributed by atoms with E-state index < -0.39 is 0 Å². The van der Waals surface area contributed by atoms with Crippen molar-refractivity contribution in [2.75, 3.05) is 6.61 Å². The van der Waals surface area contributed by atoms with Gasteiger partial charge in [-0.15, -0.1) is 11.3 Å². The summed E-state index contributed by atoms with van der Waals surface area (Å²) in [4.78, 5) is 12.6. The standard InChI is InChI=1S/C13H12O2S/c14-10-5-6-15-11(8-10)13-7-9-3-1-2-4-12(9)16-13/h1-4,7,11H,5-6,8H2. The number of hydrogen-bond donors (Lipinski definition) is 0. The molecular weight excluding hydrogens is 220 g/mol. The van der Waals surface area contributed by atoms with Crippen LogP contribution in [0.25, 0.3) is 10.1 Å². The Labute approximate surface area is 97.8 Å². The second-order valence-corrected chi connectivity index (χ2v) is 5.15. The first-order valence-corrected chi connectivity index (χ1v) is 6.26. The molecule has 3 heteroatoms. The Morgan fingerprint density at radius 3 is 3.00 bits per heavy atom. The third-order valence-corrected chi connectivity index (χ3v) is 4.08. The molecule has 1 aromatic heterocycles. The third kappa shape index (κ3) is 1.77. The summed E-state index contributed by atoms with van der Waals surface area (Å²) in [5, 5.41) is 1.24. The molecule has 0 aliphatic carbocycles. The maximum atomic E-state index is 11.4. The first-order chi connectivity index (χ1) is 7.83. The van der Waals surface area contributed by atoms with Gasteiger partial charge in [0, 0.05) is 22.4 Å². The zero-order valence-corrected chi connectivity index (χ0v) is 9.63. The van der Waals surface area contributed by atoms with Crippen molar-refractivity contribution >= 4 is 27.2 Å². The lowest BCUT2D eigenvalue weighted by atomic mass is 10.1. The SMILES string of the molecule is O=C1CCOC(c2cc3ccccc3s2)C1. The molecule has 0 saturated carbocycles. The maximum absolute atomic E-state index is 11.4. The van der Waals surface area contributed by atoms with Gasteiger partial charge in [0.05, 0.1) is 12.7 Å².